The molecule has 0 unspecified atom stereocenters. The highest BCUT2D eigenvalue weighted by molar-refractivity contribution is 5.79. The van der Waals surface area contributed by atoms with Crippen molar-refractivity contribution in [2.75, 3.05) is 6.54 Å². The van der Waals surface area contributed by atoms with Crippen LogP contribution in [0.15, 0.2) is 48.8 Å². The van der Waals surface area contributed by atoms with Gasteiger partial charge in [0.25, 0.3) is 0 Å². The van der Waals surface area contributed by atoms with Gasteiger partial charge in [0.15, 0.2) is 5.82 Å². The van der Waals surface area contributed by atoms with Gasteiger partial charge in [-0.15, -0.1) is 0 Å². The van der Waals surface area contributed by atoms with Crippen LogP contribution < -0.4 is 5.73 Å². The number of benzene rings is 1. The summed E-state index contributed by atoms with van der Waals surface area (Å²) in [4.78, 5) is 4.43. The van der Waals surface area contributed by atoms with E-state index in [0.29, 0.717) is 6.54 Å². The summed E-state index contributed by atoms with van der Waals surface area (Å²) in [6.45, 7) is 0.609. The smallest absolute Gasteiger partial charge is 0.157 e. The maximum Gasteiger partial charge on any atom is 0.157 e. The molecule has 3 aromatic rings. The minimum Gasteiger partial charge on any atom is -0.330 e. The number of aromatic nitrogens is 3. The summed E-state index contributed by atoms with van der Waals surface area (Å²) in [5.41, 5.74) is 7.82. The molecular weight excluding hydrogens is 224 g/mol. The first-order valence-electron chi connectivity index (χ1n) is 5.97. The molecule has 0 aliphatic carbocycles. The van der Waals surface area contributed by atoms with E-state index in [2.05, 4.69) is 10.1 Å². The SMILES string of the molecule is NCCc1cccnc1-n1ncc2ccccc21. The van der Waals surface area contributed by atoms with Crippen molar-refractivity contribution < 1.29 is 0 Å². The average Bonchev–Trinajstić information content (AvgIpc) is 2.84. The summed E-state index contributed by atoms with van der Waals surface area (Å²) in [6, 6.07) is 12.1. The van der Waals surface area contributed by atoms with Crippen molar-refractivity contribution in [2.24, 2.45) is 5.73 Å². The Bertz CT molecular complexity index is 672. The van der Waals surface area contributed by atoms with E-state index in [0.717, 1.165) is 28.7 Å². The Labute approximate surface area is 105 Å². The molecule has 2 heterocycles. The van der Waals surface area contributed by atoms with E-state index in [1.165, 1.54) is 0 Å². The second-order valence-corrected chi connectivity index (χ2v) is 4.14. The minimum absolute atomic E-state index is 0.609. The van der Waals surface area contributed by atoms with Crippen LogP contribution in [0.3, 0.4) is 0 Å². The predicted octanol–water partition coefficient (Wildman–Crippen LogP) is 1.92. The van der Waals surface area contributed by atoms with E-state index in [9.17, 15) is 0 Å². The summed E-state index contributed by atoms with van der Waals surface area (Å²) in [5.74, 6) is 0.865. The van der Waals surface area contributed by atoms with Crippen LogP contribution in [-0.4, -0.2) is 21.3 Å². The van der Waals surface area contributed by atoms with Gasteiger partial charge >= 0.3 is 0 Å². The van der Waals surface area contributed by atoms with Crippen LogP contribution in [0, 0.1) is 0 Å². The molecule has 0 radical (unpaired) electrons. The van der Waals surface area contributed by atoms with Crippen LogP contribution in [0.5, 0.6) is 0 Å². The van der Waals surface area contributed by atoms with Crippen molar-refractivity contribution in [1.82, 2.24) is 14.8 Å². The Hall–Kier alpha value is -2.20. The fourth-order valence-corrected chi connectivity index (χ4v) is 2.11. The Morgan fingerprint density at radius 2 is 2.00 bits per heavy atom. The van der Waals surface area contributed by atoms with Crippen LogP contribution in [0.25, 0.3) is 16.7 Å². The second-order valence-electron chi connectivity index (χ2n) is 4.14. The quantitative estimate of drug-likeness (QED) is 0.758. The van der Waals surface area contributed by atoms with Crippen LogP contribution >= 0.6 is 0 Å². The minimum atomic E-state index is 0.609. The largest absolute Gasteiger partial charge is 0.330 e. The molecule has 2 N–H and O–H groups in total. The molecule has 4 heteroatoms. The fraction of sp³-hybridized carbons (Fsp3) is 0.143. The molecule has 90 valence electrons. The highest BCUT2D eigenvalue weighted by Gasteiger charge is 2.09. The van der Waals surface area contributed by atoms with E-state index in [1.807, 2.05) is 47.3 Å². The Balaban J connectivity index is 2.20. The molecule has 4 nitrogen and oxygen atoms in total. The molecule has 3 rings (SSSR count). The van der Waals surface area contributed by atoms with E-state index >= 15 is 0 Å². The zero-order valence-electron chi connectivity index (χ0n) is 9.95. The van der Waals surface area contributed by atoms with Gasteiger partial charge < -0.3 is 5.73 Å². The number of nitrogens with zero attached hydrogens (tertiary/aromatic N) is 3. The third-order valence-corrected chi connectivity index (χ3v) is 2.96. The van der Waals surface area contributed by atoms with Gasteiger partial charge in [-0.3, -0.25) is 0 Å². The second kappa shape index (κ2) is 4.58. The van der Waals surface area contributed by atoms with E-state index < -0.39 is 0 Å². The van der Waals surface area contributed by atoms with Gasteiger partial charge in [-0.1, -0.05) is 24.3 Å². The van der Waals surface area contributed by atoms with Crippen molar-refractivity contribution in [2.45, 2.75) is 6.42 Å². The molecule has 1 aromatic carbocycles. The van der Waals surface area contributed by atoms with Crippen molar-refractivity contribution in [3.63, 3.8) is 0 Å². The van der Waals surface area contributed by atoms with Crippen molar-refractivity contribution in [1.29, 1.82) is 0 Å². The molecule has 0 fully saturated rings. The number of para-hydroxylation sites is 1. The summed E-state index contributed by atoms with van der Waals surface area (Å²) >= 11 is 0. The van der Waals surface area contributed by atoms with Crippen LogP contribution in [-0.2, 0) is 6.42 Å². The van der Waals surface area contributed by atoms with Crippen LogP contribution in [0.1, 0.15) is 5.56 Å². The molecular formula is C14H14N4. The molecule has 0 saturated heterocycles. The first-order valence-corrected chi connectivity index (χ1v) is 5.97. The maximum atomic E-state index is 5.64. The predicted molar refractivity (Wildman–Crippen MR) is 71.6 cm³/mol. The molecule has 2 aromatic heterocycles. The normalized spacial score (nSPS) is 10.9. The summed E-state index contributed by atoms with van der Waals surface area (Å²) < 4.78 is 1.88. The standard InChI is InChI=1S/C14H14N4/c15-8-7-11-5-3-9-16-14(11)18-13-6-2-1-4-12(13)10-17-18/h1-6,9-10H,7-8,15H2. The van der Waals surface area contributed by atoms with E-state index in [1.54, 1.807) is 6.20 Å². The monoisotopic (exact) mass is 238 g/mol. The molecule has 0 bridgehead atoms. The first kappa shape index (κ1) is 10.9. The molecule has 18 heavy (non-hydrogen) atoms. The highest BCUT2D eigenvalue weighted by atomic mass is 15.3. The lowest BCUT2D eigenvalue weighted by atomic mass is 10.2. The molecule has 0 spiro atoms. The summed E-state index contributed by atoms with van der Waals surface area (Å²) in [6.07, 6.45) is 4.44. The molecule has 0 aliphatic rings. The summed E-state index contributed by atoms with van der Waals surface area (Å²) in [5, 5.41) is 5.53. The van der Waals surface area contributed by atoms with E-state index in [-0.39, 0.29) is 0 Å². The topological polar surface area (TPSA) is 56.7 Å². The lowest BCUT2D eigenvalue weighted by molar-refractivity contribution is 0.839. The van der Waals surface area contributed by atoms with Gasteiger partial charge in [-0.25, -0.2) is 9.67 Å². The maximum absolute atomic E-state index is 5.64. The number of fused-ring (bicyclic) bond motifs is 1. The number of hydrogen-bond donors (Lipinski definition) is 1. The van der Waals surface area contributed by atoms with Crippen molar-refractivity contribution >= 4 is 10.9 Å². The first-order chi connectivity index (χ1) is 8.90. The van der Waals surface area contributed by atoms with Crippen molar-refractivity contribution in [3.8, 4) is 5.82 Å². The van der Waals surface area contributed by atoms with Gasteiger partial charge in [-0.2, -0.15) is 5.10 Å². The number of hydrogen-bond acceptors (Lipinski definition) is 3. The number of nitrogens with two attached hydrogens (primary N) is 1. The fourth-order valence-electron chi connectivity index (χ4n) is 2.11. The molecule has 0 aliphatic heterocycles. The molecule has 0 atom stereocenters. The van der Waals surface area contributed by atoms with Gasteiger partial charge in [0.2, 0.25) is 0 Å². The zero-order chi connectivity index (χ0) is 12.4. The lowest BCUT2D eigenvalue weighted by Gasteiger charge is -2.08. The van der Waals surface area contributed by atoms with Gasteiger partial charge in [0, 0.05) is 11.6 Å². The van der Waals surface area contributed by atoms with Crippen molar-refractivity contribution in [3.05, 3.63) is 54.4 Å². The third-order valence-electron chi connectivity index (χ3n) is 2.96. The molecule has 0 saturated carbocycles. The number of rotatable bonds is 3. The van der Waals surface area contributed by atoms with Gasteiger partial charge in [-0.05, 0) is 30.7 Å². The Morgan fingerprint density at radius 1 is 1.11 bits per heavy atom. The van der Waals surface area contributed by atoms with E-state index in [4.69, 9.17) is 5.73 Å². The zero-order valence-corrected chi connectivity index (χ0v) is 9.95. The molecule has 0 amide bonds. The average molecular weight is 238 g/mol. The third kappa shape index (κ3) is 1.76. The Kier molecular flexibility index (Phi) is 2.78. The van der Waals surface area contributed by atoms with Crippen LogP contribution in [0.4, 0.5) is 0 Å². The highest BCUT2D eigenvalue weighted by Crippen LogP contribution is 2.19. The number of pyridine rings is 1. The Morgan fingerprint density at radius 3 is 2.89 bits per heavy atom. The van der Waals surface area contributed by atoms with Gasteiger partial charge in [0.05, 0.1) is 11.7 Å². The van der Waals surface area contributed by atoms with Gasteiger partial charge in [0.1, 0.15) is 0 Å². The lowest BCUT2D eigenvalue weighted by Crippen LogP contribution is -2.09. The van der Waals surface area contributed by atoms with Crippen LogP contribution in [0.2, 0.25) is 0 Å². The summed E-state index contributed by atoms with van der Waals surface area (Å²) in [7, 11) is 0.